The molecule has 0 saturated carbocycles. The topological polar surface area (TPSA) is 66.8 Å². The summed E-state index contributed by atoms with van der Waals surface area (Å²) in [6.07, 6.45) is 0.0212. The first-order valence-electron chi connectivity index (χ1n) is 5.64. The number of ether oxygens (including phenoxy) is 1. The third-order valence-electron chi connectivity index (χ3n) is 2.43. The van der Waals surface area contributed by atoms with Gasteiger partial charge >= 0.3 is 11.9 Å². The summed E-state index contributed by atoms with van der Waals surface area (Å²) in [4.78, 5) is 23.6. The molecule has 18 heavy (non-hydrogen) atoms. The van der Waals surface area contributed by atoms with Crippen molar-refractivity contribution in [3.8, 4) is 0 Å². The standard InChI is InChI=1S/C13H17NO4/c1-14(2)9-8-11(18-13(17)12(15)16)10-6-4-3-5-7-10/h3-7,11H,8-9H2,1-2H3,(H,15,16)/t11-/m0/s1. The highest BCUT2D eigenvalue weighted by Gasteiger charge is 2.21. The normalized spacial score (nSPS) is 12.2. The molecular formula is C13H17NO4. The van der Waals surface area contributed by atoms with Gasteiger partial charge in [0, 0.05) is 13.0 Å². The molecule has 0 fully saturated rings. The van der Waals surface area contributed by atoms with E-state index < -0.39 is 18.0 Å². The first kappa shape index (κ1) is 14.2. The van der Waals surface area contributed by atoms with Gasteiger partial charge in [0.15, 0.2) is 0 Å². The molecule has 1 rings (SSSR count). The van der Waals surface area contributed by atoms with Crippen molar-refractivity contribution in [2.45, 2.75) is 12.5 Å². The smallest absolute Gasteiger partial charge is 0.417 e. The van der Waals surface area contributed by atoms with Crippen LogP contribution in [-0.2, 0) is 14.3 Å². The Morgan fingerprint density at radius 3 is 2.39 bits per heavy atom. The minimum Gasteiger partial charge on any atom is -0.473 e. The average Bonchev–Trinajstić information content (AvgIpc) is 2.34. The molecule has 0 amide bonds. The molecule has 0 saturated heterocycles. The van der Waals surface area contributed by atoms with Gasteiger partial charge in [-0.1, -0.05) is 30.3 Å². The quantitative estimate of drug-likeness (QED) is 0.631. The third kappa shape index (κ3) is 4.55. The van der Waals surface area contributed by atoms with Gasteiger partial charge < -0.3 is 14.7 Å². The van der Waals surface area contributed by atoms with E-state index in [9.17, 15) is 9.59 Å². The predicted molar refractivity (Wildman–Crippen MR) is 66.1 cm³/mol. The Labute approximate surface area is 106 Å². The van der Waals surface area contributed by atoms with E-state index in [1.54, 1.807) is 0 Å². The zero-order valence-electron chi connectivity index (χ0n) is 10.5. The zero-order chi connectivity index (χ0) is 13.5. The molecule has 1 atom stereocenters. The Balaban J connectivity index is 2.75. The van der Waals surface area contributed by atoms with Crippen LogP contribution >= 0.6 is 0 Å². The summed E-state index contributed by atoms with van der Waals surface area (Å²) in [7, 11) is 3.81. The number of aliphatic carboxylic acids is 1. The number of carboxylic acid groups (broad SMARTS) is 1. The lowest BCUT2D eigenvalue weighted by atomic mass is 10.1. The number of hydrogen-bond donors (Lipinski definition) is 1. The SMILES string of the molecule is CN(C)CC[C@H](OC(=O)C(=O)O)c1ccccc1. The number of rotatable bonds is 5. The van der Waals surface area contributed by atoms with E-state index in [0.717, 1.165) is 5.56 Å². The second-order valence-electron chi connectivity index (χ2n) is 4.20. The number of carbonyl (C=O) groups is 2. The molecule has 0 aliphatic carbocycles. The molecule has 0 spiro atoms. The zero-order valence-corrected chi connectivity index (χ0v) is 10.5. The lowest BCUT2D eigenvalue weighted by Gasteiger charge is -2.19. The molecular weight excluding hydrogens is 234 g/mol. The molecule has 5 heteroatoms. The number of carboxylic acids is 1. The molecule has 0 radical (unpaired) electrons. The minimum atomic E-state index is -1.57. The molecule has 1 aromatic carbocycles. The van der Waals surface area contributed by atoms with Crippen LogP contribution in [0.25, 0.3) is 0 Å². The van der Waals surface area contributed by atoms with Gasteiger partial charge in [-0.15, -0.1) is 0 Å². The van der Waals surface area contributed by atoms with E-state index in [1.807, 2.05) is 49.3 Å². The van der Waals surface area contributed by atoms with Crippen LogP contribution in [0.3, 0.4) is 0 Å². The maximum atomic E-state index is 11.1. The molecule has 5 nitrogen and oxygen atoms in total. The summed E-state index contributed by atoms with van der Waals surface area (Å²) in [5.74, 6) is -2.79. The van der Waals surface area contributed by atoms with E-state index in [1.165, 1.54) is 0 Å². The fraction of sp³-hybridized carbons (Fsp3) is 0.385. The Morgan fingerprint density at radius 1 is 1.28 bits per heavy atom. The van der Waals surface area contributed by atoms with Crippen molar-refractivity contribution in [1.82, 2.24) is 4.90 Å². The second kappa shape index (κ2) is 6.76. The van der Waals surface area contributed by atoms with Gasteiger partial charge in [0.25, 0.3) is 0 Å². The molecule has 1 aromatic rings. The van der Waals surface area contributed by atoms with Crippen molar-refractivity contribution >= 4 is 11.9 Å². The van der Waals surface area contributed by atoms with Crippen molar-refractivity contribution in [3.05, 3.63) is 35.9 Å². The summed E-state index contributed by atoms with van der Waals surface area (Å²) in [6, 6.07) is 9.13. The first-order valence-corrected chi connectivity index (χ1v) is 5.64. The summed E-state index contributed by atoms with van der Waals surface area (Å²) in [5, 5.41) is 8.57. The van der Waals surface area contributed by atoms with Crippen molar-refractivity contribution in [2.75, 3.05) is 20.6 Å². The van der Waals surface area contributed by atoms with Gasteiger partial charge in [-0.05, 0) is 19.7 Å². The van der Waals surface area contributed by atoms with Crippen LogP contribution in [-0.4, -0.2) is 42.6 Å². The molecule has 0 aliphatic rings. The van der Waals surface area contributed by atoms with Gasteiger partial charge in [0.2, 0.25) is 0 Å². The van der Waals surface area contributed by atoms with Crippen LogP contribution in [0, 0.1) is 0 Å². The van der Waals surface area contributed by atoms with E-state index in [-0.39, 0.29) is 0 Å². The lowest BCUT2D eigenvalue weighted by Crippen LogP contribution is -2.23. The number of hydrogen-bond acceptors (Lipinski definition) is 4. The number of carbonyl (C=O) groups excluding carboxylic acids is 1. The van der Waals surface area contributed by atoms with Crippen molar-refractivity contribution in [3.63, 3.8) is 0 Å². The largest absolute Gasteiger partial charge is 0.473 e. The fourth-order valence-corrected chi connectivity index (χ4v) is 1.52. The molecule has 0 bridgehead atoms. The van der Waals surface area contributed by atoms with E-state index in [4.69, 9.17) is 9.84 Å². The molecule has 1 N–H and O–H groups in total. The van der Waals surface area contributed by atoms with E-state index in [0.29, 0.717) is 13.0 Å². The highest BCUT2D eigenvalue weighted by atomic mass is 16.6. The van der Waals surface area contributed by atoms with Gasteiger partial charge in [-0.2, -0.15) is 0 Å². The Hall–Kier alpha value is -1.88. The van der Waals surface area contributed by atoms with Crippen molar-refractivity contribution < 1.29 is 19.4 Å². The summed E-state index contributed by atoms with van der Waals surface area (Å²) < 4.78 is 4.98. The van der Waals surface area contributed by atoms with Crippen LogP contribution in [0.4, 0.5) is 0 Å². The maximum absolute atomic E-state index is 11.1. The van der Waals surface area contributed by atoms with Crippen LogP contribution in [0.5, 0.6) is 0 Å². The van der Waals surface area contributed by atoms with Crippen LogP contribution in [0.1, 0.15) is 18.1 Å². The first-order chi connectivity index (χ1) is 8.50. The van der Waals surface area contributed by atoms with Gasteiger partial charge in [-0.25, -0.2) is 9.59 Å². The Bertz CT molecular complexity index is 403. The minimum absolute atomic E-state index is 0.530. The predicted octanol–water partition coefficient (Wildman–Crippen LogP) is 1.31. The summed E-state index contributed by atoms with van der Waals surface area (Å²) >= 11 is 0. The monoisotopic (exact) mass is 251 g/mol. The molecule has 0 aromatic heterocycles. The Morgan fingerprint density at radius 2 is 1.89 bits per heavy atom. The molecule has 0 heterocycles. The van der Waals surface area contributed by atoms with Crippen molar-refractivity contribution in [2.24, 2.45) is 0 Å². The second-order valence-corrected chi connectivity index (χ2v) is 4.20. The van der Waals surface area contributed by atoms with Gasteiger partial charge in [-0.3, -0.25) is 0 Å². The highest BCUT2D eigenvalue weighted by molar-refractivity contribution is 6.28. The maximum Gasteiger partial charge on any atom is 0.417 e. The van der Waals surface area contributed by atoms with Gasteiger partial charge in [0.05, 0.1) is 0 Å². The fourth-order valence-electron chi connectivity index (χ4n) is 1.52. The molecule has 0 aliphatic heterocycles. The summed E-state index contributed by atoms with van der Waals surface area (Å²) in [6.45, 7) is 0.701. The average molecular weight is 251 g/mol. The number of nitrogens with zero attached hydrogens (tertiary/aromatic N) is 1. The molecule has 98 valence electrons. The Kier molecular flexibility index (Phi) is 5.32. The third-order valence-corrected chi connectivity index (χ3v) is 2.43. The van der Waals surface area contributed by atoms with Crippen LogP contribution in [0.15, 0.2) is 30.3 Å². The van der Waals surface area contributed by atoms with Crippen LogP contribution in [0.2, 0.25) is 0 Å². The van der Waals surface area contributed by atoms with Crippen LogP contribution < -0.4 is 0 Å². The van der Waals surface area contributed by atoms with Gasteiger partial charge in [0.1, 0.15) is 6.10 Å². The number of benzene rings is 1. The molecule has 0 unspecified atom stereocenters. The van der Waals surface area contributed by atoms with Crippen molar-refractivity contribution in [1.29, 1.82) is 0 Å². The highest BCUT2D eigenvalue weighted by Crippen LogP contribution is 2.21. The van der Waals surface area contributed by atoms with E-state index >= 15 is 0 Å². The summed E-state index contributed by atoms with van der Waals surface area (Å²) in [5.41, 5.74) is 0.800. The lowest BCUT2D eigenvalue weighted by molar-refractivity contribution is -0.168. The number of esters is 1. The van der Waals surface area contributed by atoms with E-state index in [2.05, 4.69) is 0 Å².